The zero-order valence-electron chi connectivity index (χ0n) is 10.5. The van der Waals surface area contributed by atoms with E-state index < -0.39 is 0 Å². The molecule has 0 atom stereocenters. The number of carbonyl (C=O) groups is 1. The van der Waals surface area contributed by atoms with Crippen LogP contribution in [0.2, 0.25) is 0 Å². The third kappa shape index (κ3) is 3.25. The molecule has 0 aliphatic heterocycles. The van der Waals surface area contributed by atoms with Gasteiger partial charge in [0.25, 0.3) is 5.91 Å². The number of halogens is 1. The van der Waals surface area contributed by atoms with Gasteiger partial charge in [-0.25, -0.2) is 0 Å². The Morgan fingerprint density at radius 3 is 2.83 bits per heavy atom. The summed E-state index contributed by atoms with van der Waals surface area (Å²) in [5.41, 5.74) is 0.609. The second-order valence-electron chi connectivity index (χ2n) is 4.53. The van der Waals surface area contributed by atoms with Crippen molar-refractivity contribution < 1.29 is 9.53 Å². The zero-order chi connectivity index (χ0) is 13.0. The summed E-state index contributed by atoms with van der Waals surface area (Å²) in [6, 6.07) is 5.86. The van der Waals surface area contributed by atoms with Gasteiger partial charge in [0.05, 0.1) is 12.2 Å². The average molecular weight is 312 g/mol. The lowest BCUT2D eigenvalue weighted by atomic mass is 10.1. The summed E-state index contributed by atoms with van der Waals surface area (Å²) in [6.45, 7) is 2.48. The van der Waals surface area contributed by atoms with E-state index in [2.05, 4.69) is 21.2 Å². The standard InChI is InChI=1S/C14H18BrNO2/c1-2-18-13-8-7-10(15)9-12(13)14(17)16-11-5-3-4-6-11/h7-9,11H,2-6H2,1H3,(H,16,17). The van der Waals surface area contributed by atoms with E-state index in [1.807, 2.05) is 25.1 Å². The lowest BCUT2D eigenvalue weighted by Gasteiger charge is -2.14. The van der Waals surface area contributed by atoms with Crippen LogP contribution >= 0.6 is 15.9 Å². The van der Waals surface area contributed by atoms with Crippen molar-refractivity contribution in [2.75, 3.05) is 6.61 Å². The predicted molar refractivity (Wildman–Crippen MR) is 75.0 cm³/mol. The Balaban J connectivity index is 2.14. The van der Waals surface area contributed by atoms with Crippen LogP contribution in [0.5, 0.6) is 5.75 Å². The SMILES string of the molecule is CCOc1ccc(Br)cc1C(=O)NC1CCCC1. The van der Waals surface area contributed by atoms with Gasteiger partial charge in [0.1, 0.15) is 5.75 Å². The molecule has 98 valence electrons. The molecule has 1 aliphatic carbocycles. The Kier molecular flexibility index (Phi) is 4.64. The number of hydrogen-bond acceptors (Lipinski definition) is 2. The molecule has 1 aliphatic rings. The van der Waals surface area contributed by atoms with Crippen molar-refractivity contribution in [2.45, 2.75) is 38.6 Å². The van der Waals surface area contributed by atoms with E-state index in [-0.39, 0.29) is 5.91 Å². The summed E-state index contributed by atoms with van der Waals surface area (Å²) >= 11 is 3.39. The minimum Gasteiger partial charge on any atom is -0.493 e. The molecule has 1 aromatic rings. The fourth-order valence-corrected chi connectivity index (χ4v) is 2.66. The van der Waals surface area contributed by atoms with Gasteiger partial charge in [0, 0.05) is 10.5 Å². The van der Waals surface area contributed by atoms with Crippen molar-refractivity contribution in [3.63, 3.8) is 0 Å². The van der Waals surface area contributed by atoms with Crippen LogP contribution in [-0.4, -0.2) is 18.6 Å². The number of amides is 1. The van der Waals surface area contributed by atoms with E-state index in [9.17, 15) is 4.79 Å². The van der Waals surface area contributed by atoms with E-state index in [0.29, 0.717) is 24.0 Å². The first kappa shape index (κ1) is 13.4. The Morgan fingerprint density at radius 2 is 2.17 bits per heavy atom. The van der Waals surface area contributed by atoms with Gasteiger partial charge in [-0.05, 0) is 38.0 Å². The van der Waals surface area contributed by atoms with Crippen molar-refractivity contribution in [3.05, 3.63) is 28.2 Å². The van der Waals surface area contributed by atoms with Crippen molar-refractivity contribution >= 4 is 21.8 Å². The maximum atomic E-state index is 12.2. The van der Waals surface area contributed by atoms with Gasteiger partial charge in [0.15, 0.2) is 0 Å². The van der Waals surface area contributed by atoms with E-state index >= 15 is 0 Å². The van der Waals surface area contributed by atoms with Gasteiger partial charge >= 0.3 is 0 Å². The Bertz CT molecular complexity index is 428. The molecular weight excluding hydrogens is 294 g/mol. The molecule has 0 unspecified atom stereocenters. The summed E-state index contributed by atoms with van der Waals surface area (Å²) in [4.78, 5) is 12.2. The maximum absolute atomic E-state index is 12.2. The smallest absolute Gasteiger partial charge is 0.255 e. The Hall–Kier alpha value is -1.03. The second-order valence-corrected chi connectivity index (χ2v) is 5.44. The molecule has 0 aromatic heterocycles. The van der Waals surface area contributed by atoms with Crippen molar-refractivity contribution in [1.82, 2.24) is 5.32 Å². The van der Waals surface area contributed by atoms with Crippen LogP contribution in [0.25, 0.3) is 0 Å². The van der Waals surface area contributed by atoms with Gasteiger partial charge in [-0.15, -0.1) is 0 Å². The molecule has 1 saturated carbocycles. The Labute approximate surface area is 116 Å². The molecule has 0 bridgehead atoms. The number of ether oxygens (including phenoxy) is 1. The van der Waals surface area contributed by atoms with Crippen LogP contribution in [-0.2, 0) is 0 Å². The Morgan fingerprint density at radius 1 is 1.44 bits per heavy atom. The lowest BCUT2D eigenvalue weighted by Crippen LogP contribution is -2.32. The van der Waals surface area contributed by atoms with E-state index in [1.54, 1.807) is 0 Å². The third-order valence-electron chi connectivity index (χ3n) is 3.18. The van der Waals surface area contributed by atoms with Crippen molar-refractivity contribution in [3.8, 4) is 5.75 Å². The molecule has 18 heavy (non-hydrogen) atoms. The monoisotopic (exact) mass is 311 g/mol. The number of carbonyl (C=O) groups excluding carboxylic acids is 1. The highest BCUT2D eigenvalue weighted by atomic mass is 79.9. The predicted octanol–water partition coefficient (Wildman–Crippen LogP) is 3.52. The summed E-state index contributed by atoms with van der Waals surface area (Å²) in [5.74, 6) is 0.614. The van der Waals surface area contributed by atoms with E-state index in [0.717, 1.165) is 17.3 Å². The van der Waals surface area contributed by atoms with Gasteiger partial charge in [-0.2, -0.15) is 0 Å². The van der Waals surface area contributed by atoms with Crippen LogP contribution in [0.1, 0.15) is 43.0 Å². The maximum Gasteiger partial charge on any atom is 0.255 e. The number of benzene rings is 1. The molecule has 4 heteroatoms. The fraction of sp³-hybridized carbons (Fsp3) is 0.500. The number of nitrogens with one attached hydrogen (secondary N) is 1. The number of rotatable bonds is 4. The van der Waals surface area contributed by atoms with Crippen LogP contribution in [0.15, 0.2) is 22.7 Å². The van der Waals surface area contributed by atoms with Gasteiger partial charge in [-0.1, -0.05) is 28.8 Å². The quantitative estimate of drug-likeness (QED) is 0.924. The molecule has 1 amide bonds. The van der Waals surface area contributed by atoms with Gasteiger partial charge in [0.2, 0.25) is 0 Å². The molecule has 3 nitrogen and oxygen atoms in total. The molecule has 1 aromatic carbocycles. The van der Waals surface area contributed by atoms with Gasteiger partial charge in [-0.3, -0.25) is 4.79 Å². The van der Waals surface area contributed by atoms with Gasteiger partial charge < -0.3 is 10.1 Å². The molecule has 0 spiro atoms. The molecule has 0 saturated heterocycles. The van der Waals surface area contributed by atoms with Crippen LogP contribution in [0, 0.1) is 0 Å². The van der Waals surface area contributed by atoms with Crippen molar-refractivity contribution in [1.29, 1.82) is 0 Å². The number of hydrogen-bond donors (Lipinski definition) is 1. The summed E-state index contributed by atoms with van der Waals surface area (Å²) in [6.07, 6.45) is 4.59. The fourth-order valence-electron chi connectivity index (χ4n) is 2.29. The minimum absolute atomic E-state index is 0.0355. The molecule has 2 rings (SSSR count). The molecule has 0 heterocycles. The van der Waals surface area contributed by atoms with Crippen LogP contribution in [0.4, 0.5) is 0 Å². The van der Waals surface area contributed by atoms with Crippen molar-refractivity contribution in [2.24, 2.45) is 0 Å². The first-order valence-corrected chi connectivity index (χ1v) is 7.23. The largest absolute Gasteiger partial charge is 0.493 e. The minimum atomic E-state index is -0.0355. The first-order valence-electron chi connectivity index (χ1n) is 6.44. The van der Waals surface area contributed by atoms with Crippen LogP contribution < -0.4 is 10.1 Å². The first-order chi connectivity index (χ1) is 8.70. The summed E-state index contributed by atoms with van der Waals surface area (Å²) < 4.78 is 6.39. The van der Waals surface area contributed by atoms with E-state index in [1.165, 1.54) is 12.8 Å². The second kappa shape index (κ2) is 6.23. The highest BCUT2D eigenvalue weighted by Crippen LogP contribution is 2.24. The molecular formula is C14H18BrNO2. The summed E-state index contributed by atoms with van der Waals surface area (Å²) in [5, 5.41) is 3.08. The van der Waals surface area contributed by atoms with Crippen LogP contribution in [0.3, 0.4) is 0 Å². The lowest BCUT2D eigenvalue weighted by molar-refractivity contribution is 0.0934. The summed E-state index contributed by atoms with van der Waals surface area (Å²) in [7, 11) is 0. The molecule has 0 radical (unpaired) electrons. The normalized spacial score (nSPS) is 15.7. The highest BCUT2D eigenvalue weighted by molar-refractivity contribution is 9.10. The topological polar surface area (TPSA) is 38.3 Å². The average Bonchev–Trinajstić information content (AvgIpc) is 2.84. The molecule has 1 N–H and O–H groups in total. The zero-order valence-corrected chi connectivity index (χ0v) is 12.1. The molecule has 1 fully saturated rings. The third-order valence-corrected chi connectivity index (χ3v) is 3.67. The highest BCUT2D eigenvalue weighted by Gasteiger charge is 2.20. The van der Waals surface area contributed by atoms with E-state index in [4.69, 9.17) is 4.74 Å².